The topological polar surface area (TPSA) is 87.2 Å². The highest BCUT2D eigenvalue weighted by atomic mass is 32.2. The number of rotatable bonds is 4. The van der Waals surface area contributed by atoms with Gasteiger partial charge in [-0.15, -0.1) is 11.3 Å². The zero-order valence-corrected chi connectivity index (χ0v) is 18.0. The summed E-state index contributed by atoms with van der Waals surface area (Å²) < 4.78 is 33.0. The molecule has 0 saturated carbocycles. The van der Waals surface area contributed by atoms with Gasteiger partial charge in [0.1, 0.15) is 15.9 Å². The van der Waals surface area contributed by atoms with Crippen molar-refractivity contribution in [3.63, 3.8) is 0 Å². The van der Waals surface area contributed by atoms with Gasteiger partial charge in [-0.2, -0.15) is 4.31 Å². The Kier molecular flexibility index (Phi) is 6.24. The summed E-state index contributed by atoms with van der Waals surface area (Å²) in [5.41, 5.74) is 0. The molecule has 3 saturated heterocycles. The van der Waals surface area contributed by atoms with Gasteiger partial charge in [-0.25, -0.2) is 8.42 Å². The predicted octanol–water partition coefficient (Wildman–Crippen LogP) is 1.39. The van der Waals surface area contributed by atoms with Crippen LogP contribution in [0.15, 0.2) is 16.3 Å². The Morgan fingerprint density at radius 1 is 0.966 bits per heavy atom. The van der Waals surface area contributed by atoms with Crippen molar-refractivity contribution in [2.45, 2.75) is 43.1 Å². The smallest absolute Gasteiger partial charge is 0.265 e. The van der Waals surface area contributed by atoms with Crippen LogP contribution >= 0.6 is 11.3 Å². The molecule has 1 aromatic rings. The second-order valence-electron chi connectivity index (χ2n) is 7.70. The molecule has 29 heavy (non-hydrogen) atoms. The number of ether oxygens (including phenoxy) is 1. The number of hydrogen-bond donors (Lipinski definition) is 0. The number of hydrogen-bond acceptors (Lipinski definition) is 6. The average molecular weight is 442 g/mol. The third-order valence-corrected chi connectivity index (χ3v) is 8.81. The van der Waals surface area contributed by atoms with E-state index in [1.54, 1.807) is 21.2 Å². The van der Waals surface area contributed by atoms with Crippen LogP contribution in [0.2, 0.25) is 0 Å². The summed E-state index contributed by atoms with van der Waals surface area (Å²) in [7, 11) is -3.65. The number of nitrogens with zero attached hydrogens (tertiary/aromatic N) is 3. The lowest BCUT2D eigenvalue weighted by Crippen LogP contribution is -2.52. The highest BCUT2D eigenvalue weighted by Crippen LogP contribution is 2.29. The first-order chi connectivity index (χ1) is 14.0. The summed E-state index contributed by atoms with van der Waals surface area (Å²) in [5, 5.41) is 1.67. The quantitative estimate of drug-likeness (QED) is 0.705. The summed E-state index contributed by atoms with van der Waals surface area (Å²) in [6.07, 6.45) is 4.06. The zero-order chi connectivity index (χ0) is 20.4. The molecule has 1 aromatic heterocycles. The number of piperazine rings is 1. The molecule has 0 aromatic carbocycles. The summed E-state index contributed by atoms with van der Waals surface area (Å²) >= 11 is 1.17. The van der Waals surface area contributed by atoms with Gasteiger partial charge in [0.25, 0.3) is 11.8 Å². The van der Waals surface area contributed by atoms with Crippen LogP contribution in [0.1, 0.15) is 41.8 Å². The van der Waals surface area contributed by atoms with Crippen LogP contribution in [-0.2, 0) is 19.6 Å². The molecule has 0 radical (unpaired) electrons. The van der Waals surface area contributed by atoms with Gasteiger partial charge in [0.2, 0.25) is 10.0 Å². The van der Waals surface area contributed by atoms with Crippen LogP contribution in [0.5, 0.6) is 0 Å². The molecule has 3 fully saturated rings. The van der Waals surface area contributed by atoms with Crippen LogP contribution in [-0.4, -0.2) is 86.3 Å². The van der Waals surface area contributed by atoms with Crippen molar-refractivity contribution in [2.24, 2.45) is 0 Å². The molecule has 0 spiro atoms. The van der Waals surface area contributed by atoms with Gasteiger partial charge < -0.3 is 14.5 Å². The largest absolute Gasteiger partial charge is 0.368 e. The monoisotopic (exact) mass is 441 g/mol. The highest BCUT2D eigenvalue weighted by molar-refractivity contribution is 7.89. The van der Waals surface area contributed by atoms with E-state index in [1.165, 1.54) is 15.6 Å². The van der Waals surface area contributed by atoms with Crippen molar-refractivity contribution in [2.75, 3.05) is 45.9 Å². The van der Waals surface area contributed by atoms with E-state index in [0.29, 0.717) is 45.9 Å². The summed E-state index contributed by atoms with van der Waals surface area (Å²) in [4.78, 5) is 29.3. The first kappa shape index (κ1) is 20.8. The standard InChI is InChI=1S/C19H27N3O5S2/c23-18(15-5-4-13-27-15)20-9-11-21(12-10-20)19(24)17-16(6-14-28-17)29(25,26)22-7-2-1-3-8-22/h6,14-15H,1-5,7-13H2. The van der Waals surface area contributed by atoms with Gasteiger partial charge in [0.15, 0.2) is 0 Å². The molecule has 3 aliphatic rings. The van der Waals surface area contributed by atoms with Gasteiger partial charge >= 0.3 is 0 Å². The van der Waals surface area contributed by atoms with Gasteiger partial charge in [0, 0.05) is 45.9 Å². The van der Waals surface area contributed by atoms with E-state index in [9.17, 15) is 18.0 Å². The molecule has 1 atom stereocenters. The molecule has 160 valence electrons. The van der Waals surface area contributed by atoms with E-state index >= 15 is 0 Å². The minimum Gasteiger partial charge on any atom is -0.368 e. The number of carbonyl (C=O) groups excluding carboxylic acids is 2. The van der Waals surface area contributed by atoms with Crippen molar-refractivity contribution in [3.8, 4) is 0 Å². The molecule has 0 bridgehead atoms. The molecule has 3 aliphatic heterocycles. The van der Waals surface area contributed by atoms with E-state index in [1.807, 2.05) is 0 Å². The Balaban J connectivity index is 1.42. The molecule has 10 heteroatoms. The van der Waals surface area contributed by atoms with E-state index in [-0.39, 0.29) is 27.7 Å². The maximum absolute atomic E-state index is 13.1. The number of sulfonamides is 1. The van der Waals surface area contributed by atoms with Crippen LogP contribution in [0, 0.1) is 0 Å². The Bertz CT molecular complexity index is 849. The lowest BCUT2D eigenvalue weighted by molar-refractivity contribution is -0.142. The number of piperidine rings is 1. The van der Waals surface area contributed by atoms with Crippen LogP contribution in [0.3, 0.4) is 0 Å². The summed E-state index contributed by atoms with van der Waals surface area (Å²) in [6, 6.07) is 1.54. The number of amides is 2. The molecule has 4 heterocycles. The third-order valence-electron chi connectivity index (χ3n) is 5.84. The second kappa shape index (κ2) is 8.71. The Labute approximate surface area is 175 Å². The Hall–Kier alpha value is -1.49. The molecule has 2 amide bonds. The van der Waals surface area contributed by atoms with Gasteiger partial charge in [0.05, 0.1) is 0 Å². The summed E-state index contributed by atoms with van der Waals surface area (Å²) in [6.45, 7) is 3.35. The van der Waals surface area contributed by atoms with Crippen LogP contribution in [0.25, 0.3) is 0 Å². The first-order valence-corrected chi connectivity index (χ1v) is 12.6. The minimum atomic E-state index is -3.65. The van der Waals surface area contributed by atoms with Crippen molar-refractivity contribution in [1.29, 1.82) is 0 Å². The lowest BCUT2D eigenvalue weighted by Gasteiger charge is -2.35. The fraction of sp³-hybridized carbons (Fsp3) is 0.684. The second-order valence-corrected chi connectivity index (χ2v) is 10.5. The van der Waals surface area contributed by atoms with Gasteiger partial charge in [-0.05, 0) is 37.1 Å². The third kappa shape index (κ3) is 4.21. The van der Waals surface area contributed by atoms with Crippen LogP contribution in [0.4, 0.5) is 0 Å². The Morgan fingerprint density at radius 3 is 2.31 bits per heavy atom. The maximum Gasteiger partial charge on any atom is 0.265 e. The zero-order valence-electron chi connectivity index (χ0n) is 16.4. The van der Waals surface area contributed by atoms with E-state index in [4.69, 9.17) is 4.74 Å². The van der Waals surface area contributed by atoms with E-state index in [0.717, 1.165) is 32.1 Å². The molecule has 0 aliphatic carbocycles. The van der Waals surface area contributed by atoms with Crippen molar-refractivity contribution in [3.05, 3.63) is 16.3 Å². The minimum absolute atomic E-state index is 0.000845. The fourth-order valence-electron chi connectivity index (χ4n) is 4.15. The van der Waals surface area contributed by atoms with Gasteiger partial charge in [-0.1, -0.05) is 6.42 Å². The highest BCUT2D eigenvalue weighted by Gasteiger charge is 2.35. The Morgan fingerprint density at radius 2 is 1.66 bits per heavy atom. The van der Waals surface area contributed by atoms with Crippen LogP contribution < -0.4 is 0 Å². The molecule has 1 unspecified atom stereocenters. The van der Waals surface area contributed by atoms with E-state index in [2.05, 4.69) is 0 Å². The first-order valence-electron chi connectivity index (χ1n) is 10.3. The predicted molar refractivity (Wildman–Crippen MR) is 108 cm³/mol. The molecular formula is C19H27N3O5S2. The number of carbonyl (C=O) groups is 2. The summed E-state index contributed by atoms with van der Waals surface area (Å²) in [5.74, 6) is -0.265. The average Bonchev–Trinajstić information content (AvgIpc) is 3.46. The van der Waals surface area contributed by atoms with Crippen molar-refractivity contribution in [1.82, 2.24) is 14.1 Å². The molecule has 0 N–H and O–H groups in total. The number of thiophene rings is 1. The normalized spacial score (nSPS) is 24.1. The fourth-order valence-corrected chi connectivity index (χ4v) is 7.03. The molecule has 4 rings (SSSR count). The lowest BCUT2D eigenvalue weighted by atomic mass is 10.2. The SMILES string of the molecule is O=C(c1sccc1S(=O)(=O)N1CCCCC1)N1CCN(C(=O)C2CCCO2)CC1. The van der Waals surface area contributed by atoms with Crippen molar-refractivity contribution < 1.29 is 22.7 Å². The molecule has 8 nitrogen and oxygen atoms in total. The molecular weight excluding hydrogens is 414 g/mol. The van der Waals surface area contributed by atoms with Crippen molar-refractivity contribution >= 4 is 33.2 Å². The van der Waals surface area contributed by atoms with Gasteiger partial charge in [-0.3, -0.25) is 9.59 Å². The van der Waals surface area contributed by atoms with E-state index < -0.39 is 10.0 Å². The maximum atomic E-state index is 13.1.